The number of hydrogen-bond acceptors (Lipinski definition) is 4. The van der Waals surface area contributed by atoms with Crippen molar-refractivity contribution in [2.75, 3.05) is 12.4 Å². The van der Waals surface area contributed by atoms with Crippen LogP contribution in [0.5, 0.6) is 5.75 Å². The van der Waals surface area contributed by atoms with E-state index in [1.54, 1.807) is 24.3 Å². The lowest BCUT2D eigenvalue weighted by atomic mass is 10.1. The molecule has 0 aliphatic heterocycles. The molecule has 1 amide bonds. The Morgan fingerprint density at radius 1 is 1.22 bits per heavy atom. The monoisotopic (exact) mass is 375 g/mol. The van der Waals surface area contributed by atoms with E-state index in [1.807, 2.05) is 6.07 Å². The minimum atomic E-state index is -4.62. The molecule has 0 saturated heterocycles. The number of carbonyl (C=O) groups is 1. The molecule has 2 aromatic rings. The van der Waals surface area contributed by atoms with Crippen molar-refractivity contribution in [3.63, 3.8) is 0 Å². The first kappa shape index (κ1) is 19.8. The maximum Gasteiger partial charge on any atom is 0.418 e. The molecule has 0 fully saturated rings. The molecule has 0 unspecified atom stereocenters. The zero-order valence-corrected chi connectivity index (χ0v) is 14.3. The largest absolute Gasteiger partial charge is 0.497 e. The summed E-state index contributed by atoms with van der Waals surface area (Å²) >= 11 is 0. The smallest absolute Gasteiger partial charge is 0.418 e. The summed E-state index contributed by atoms with van der Waals surface area (Å²) in [6.07, 6.45) is -3.46. The zero-order valence-electron chi connectivity index (χ0n) is 14.3. The van der Waals surface area contributed by atoms with Gasteiger partial charge in [0, 0.05) is 12.7 Å². The van der Waals surface area contributed by atoms with Crippen molar-refractivity contribution >= 4 is 11.6 Å². The third-order valence-electron chi connectivity index (χ3n) is 3.53. The van der Waals surface area contributed by atoms with Gasteiger partial charge in [0.15, 0.2) is 0 Å². The summed E-state index contributed by atoms with van der Waals surface area (Å²) in [5.74, 6) is -0.285. The SMILES string of the molecule is COc1cccc(CN/C=C(/C#N)C(=O)Nc2ccccc2C(F)(F)F)c1. The third-order valence-corrected chi connectivity index (χ3v) is 3.53. The van der Waals surface area contributed by atoms with Crippen LogP contribution in [-0.2, 0) is 17.5 Å². The molecule has 0 saturated carbocycles. The second kappa shape index (κ2) is 8.76. The summed E-state index contributed by atoms with van der Waals surface area (Å²) in [7, 11) is 1.53. The van der Waals surface area contributed by atoms with Crippen LogP contribution in [0.25, 0.3) is 0 Å². The van der Waals surface area contributed by atoms with Gasteiger partial charge in [0.2, 0.25) is 0 Å². The molecule has 5 nitrogen and oxygen atoms in total. The highest BCUT2D eigenvalue weighted by Gasteiger charge is 2.33. The number of nitrogens with one attached hydrogen (secondary N) is 2. The first-order valence-corrected chi connectivity index (χ1v) is 7.79. The van der Waals surface area contributed by atoms with Gasteiger partial charge in [-0.25, -0.2) is 0 Å². The van der Waals surface area contributed by atoms with E-state index in [-0.39, 0.29) is 5.57 Å². The Morgan fingerprint density at radius 2 is 1.96 bits per heavy atom. The van der Waals surface area contributed by atoms with Gasteiger partial charge in [0.05, 0.1) is 18.4 Å². The van der Waals surface area contributed by atoms with E-state index in [4.69, 9.17) is 10.00 Å². The summed E-state index contributed by atoms with van der Waals surface area (Å²) in [4.78, 5) is 12.1. The standard InChI is InChI=1S/C19H16F3N3O2/c1-27-15-6-4-5-13(9-15)11-24-12-14(10-23)18(26)25-17-8-3-2-7-16(17)19(20,21)22/h2-9,12,24H,11H2,1H3,(H,25,26)/b14-12-. The minimum Gasteiger partial charge on any atom is -0.497 e. The average Bonchev–Trinajstić information content (AvgIpc) is 2.65. The lowest BCUT2D eigenvalue weighted by molar-refractivity contribution is -0.137. The first-order valence-electron chi connectivity index (χ1n) is 7.79. The van der Waals surface area contributed by atoms with Gasteiger partial charge in [-0.3, -0.25) is 4.79 Å². The molecular weight excluding hydrogens is 359 g/mol. The molecule has 0 heterocycles. The number of alkyl halides is 3. The van der Waals surface area contributed by atoms with Crippen LogP contribution < -0.4 is 15.4 Å². The van der Waals surface area contributed by atoms with Crippen molar-refractivity contribution in [2.45, 2.75) is 12.7 Å². The van der Waals surface area contributed by atoms with E-state index in [2.05, 4.69) is 10.6 Å². The summed E-state index contributed by atoms with van der Waals surface area (Å²) in [5.41, 5.74) is -0.912. The Bertz CT molecular complexity index is 886. The van der Waals surface area contributed by atoms with E-state index in [0.717, 1.165) is 23.9 Å². The third kappa shape index (κ3) is 5.51. The van der Waals surface area contributed by atoms with Crippen LogP contribution in [0.1, 0.15) is 11.1 Å². The molecule has 8 heteroatoms. The van der Waals surface area contributed by atoms with Gasteiger partial charge in [0.25, 0.3) is 5.91 Å². The molecule has 2 N–H and O–H groups in total. The van der Waals surface area contributed by atoms with Crippen molar-refractivity contribution in [1.29, 1.82) is 5.26 Å². The Labute approximate surface area is 154 Å². The van der Waals surface area contributed by atoms with Crippen molar-refractivity contribution in [3.8, 4) is 11.8 Å². The van der Waals surface area contributed by atoms with Gasteiger partial charge in [0.1, 0.15) is 17.4 Å². The van der Waals surface area contributed by atoms with Gasteiger partial charge in [-0.2, -0.15) is 18.4 Å². The minimum absolute atomic E-state index is 0.300. The number of amides is 1. The van der Waals surface area contributed by atoms with Gasteiger partial charge in [-0.1, -0.05) is 24.3 Å². The second-order valence-electron chi connectivity index (χ2n) is 5.40. The summed E-state index contributed by atoms with van der Waals surface area (Å²) in [6.45, 7) is 0.300. The predicted octanol–water partition coefficient (Wildman–Crippen LogP) is 3.85. The number of para-hydroxylation sites is 1. The first-order chi connectivity index (χ1) is 12.8. The van der Waals surface area contributed by atoms with E-state index in [9.17, 15) is 18.0 Å². The Kier molecular flexibility index (Phi) is 6.44. The van der Waals surface area contributed by atoms with Crippen LogP contribution in [0.2, 0.25) is 0 Å². The number of nitriles is 1. The van der Waals surface area contributed by atoms with Crippen LogP contribution in [-0.4, -0.2) is 13.0 Å². The van der Waals surface area contributed by atoms with Crippen molar-refractivity contribution in [1.82, 2.24) is 5.32 Å². The molecule has 2 aromatic carbocycles. The topological polar surface area (TPSA) is 74.1 Å². The molecular formula is C19H16F3N3O2. The molecule has 0 atom stereocenters. The zero-order chi connectivity index (χ0) is 19.9. The maximum absolute atomic E-state index is 13.0. The molecule has 0 aromatic heterocycles. The summed E-state index contributed by atoms with van der Waals surface area (Å²) in [5, 5.41) is 14.0. The van der Waals surface area contributed by atoms with Crippen LogP contribution in [0.4, 0.5) is 18.9 Å². The maximum atomic E-state index is 13.0. The van der Waals surface area contributed by atoms with Crippen LogP contribution in [0.15, 0.2) is 60.3 Å². The number of halogens is 3. The van der Waals surface area contributed by atoms with Crippen LogP contribution in [0, 0.1) is 11.3 Å². The lowest BCUT2D eigenvalue weighted by Gasteiger charge is -2.13. The molecule has 0 aliphatic carbocycles. The second-order valence-corrected chi connectivity index (χ2v) is 5.40. The average molecular weight is 375 g/mol. The number of nitrogens with zero attached hydrogens (tertiary/aromatic N) is 1. The van der Waals surface area contributed by atoms with E-state index in [1.165, 1.54) is 19.2 Å². The molecule has 0 radical (unpaired) electrons. The highest BCUT2D eigenvalue weighted by Crippen LogP contribution is 2.34. The predicted molar refractivity (Wildman–Crippen MR) is 93.6 cm³/mol. The van der Waals surface area contributed by atoms with Crippen LogP contribution in [0.3, 0.4) is 0 Å². The lowest BCUT2D eigenvalue weighted by Crippen LogP contribution is -2.19. The number of carbonyl (C=O) groups excluding carboxylic acids is 1. The van der Waals surface area contributed by atoms with Crippen molar-refractivity contribution in [2.24, 2.45) is 0 Å². The van der Waals surface area contributed by atoms with Gasteiger partial charge in [-0.05, 0) is 29.8 Å². The molecule has 0 bridgehead atoms. The highest BCUT2D eigenvalue weighted by molar-refractivity contribution is 6.06. The van der Waals surface area contributed by atoms with Crippen molar-refractivity contribution in [3.05, 3.63) is 71.4 Å². The van der Waals surface area contributed by atoms with E-state index < -0.39 is 23.3 Å². The Hall–Kier alpha value is -3.47. The fourth-order valence-electron chi connectivity index (χ4n) is 2.23. The van der Waals surface area contributed by atoms with Gasteiger partial charge in [-0.15, -0.1) is 0 Å². The quantitative estimate of drug-likeness (QED) is 0.594. The van der Waals surface area contributed by atoms with Crippen molar-refractivity contribution < 1.29 is 22.7 Å². The molecule has 0 spiro atoms. The Balaban J connectivity index is 2.08. The van der Waals surface area contributed by atoms with E-state index >= 15 is 0 Å². The van der Waals surface area contributed by atoms with Crippen LogP contribution >= 0.6 is 0 Å². The number of anilines is 1. The fraction of sp³-hybridized carbons (Fsp3) is 0.158. The number of benzene rings is 2. The number of ether oxygens (including phenoxy) is 1. The molecule has 0 aliphatic rings. The molecule has 27 heavy (non-hydrogen) atoms. The number of hydrogen-bond donors (Lipinski definition) is 2. The van der Waals surface area contributed by atoms with E-state index in [0.29, 0.717) is 12.3 Å². The van der Waals surface area contributed by atoms with Gasteiger partial charge >= 0.3 is 6.18 Å². The number of rotatable bonds is 6. The highest BCUT2D eigenvalue weighted by atomic mass is 19.4. The summed E-state index contributed by atoms with van der Waals surface area (Å²) < 4.78 is 44.0. The Morgan fingerprint density at radius 3 is 2.63 bits per heavy atom. The number of methoxy groups -OCH3 is 1. The molecule has 2 rings (SSSR count). The normalized spacial score (nSPS) is 11.4. The fourth-order valence-corrected chi connectivity index (χ4v) is 2.23. The molecule has 140 valence electrons. The summed E-state index contributed by atoms with van der Waals surface area (Å²) in [6, 6.07) is 13.4. The van der Waals surface area contributed by atoms with Gasteiger partial charge < -0.3 is 15.4 Å².